The van der Waals surface area contributed by atoms with E-state index in [9.17, 15) is 19.5 Å². The molecule has 0 bridgehead atoms. The van der Waals surface area contributed by atoms with Crippen molar-refractivity contribution in [2.75, 3.05) is 27.1 Å². The summed E-state index contributed by atoms with van der Waals surface area (Å²) in [7, 11) is 1.52. The normalized spacial score (nSPS) is 32.2. The van der Waals surface area contributed by atoms with Gasteiger partial charge in [0.25, 0.3) is 0 Å². The number of carboxylic acid groups (broad SMARTS) is 1. The molecular formula is C26H28O8. The largest absolute Gasteiger partial charge is 0.497 e. The zero-order valence-corrected chi connectivity index (χ0v) is 19.5. The molecule has 0 aromatic heterocycles. The van der Waals surface area contributed by atoms with Gasteiger partial charge in [0.15, 0.2) is 18.0 Å². The molecule has 4 unspecified atom stereocenters. The molecule has 2 aliphatic carbocycles. The van der Waals surface area contributed by atoms with E-state index in [0.29, 0.717) is 22.6 Å². The molecule has 1 N–H and O–H groups in total. The van der Waals surface area contributed by atoms with Gasteiger partial charge in [-0.1, -0.05) is 25.1 Å². The lowest BCUT2D eigenvalue weighted by atomic mass is 9.53. The third-order valence-electron chi connectivity index (χ3n) is 7.49. The first-order valence-corrected chi connectivity index (χ1v) is 11.1. The van der Waals surface area contributed by atoms with Crippen LogP contribution >= 0.6 is 0 Å². The molecule has 180 valence electrons. The standard InChI is InChI=1S/C26H28O8/c1-5-24(3)14-25(22(28)29,23(30)33-6-2)21(16-7-9-17(31-4)10-8-16)26(24)18-13-32-15-34-19(18)11-12-20(26)27/h5,7-12,21H,1,6,13-15H2,2-4H3,(H,28,29). The quantitative estimate of drug-likeness (QED) is 0.385. The Bertz CT molecular complexity index is 1100. The van der Waals surface area contributed by atoms with Crippen LogP contribution in [0.25, 0.3) is 0 Å². The van der Waals surface area contributed by atoms with Crippen molar-refractivity contribution < 1.29 is 38.4 Å². The van der Waals surface area contributed by atoms with Crippen molar-refractivity contribution >= 4 is 17.7 Å². The predicted octanol–water partition coefficient (Wildman–Crippen LogP) is 3.39. The van der Waals surface area contributed by atoms with E-state index < -0.39 is 34.1 Å². The number of hydrogen-bond acceptors (Lipinski definition) is 7. The zero-order valence-electron chi connectivity index (χ0n) is 19.5. The van der Waals surface area contributed by atoms with Gasteiger partial charge in [-0.15, -0.1) is 6.58 Å². The van der Waals surface area contributed by atoms with Crippen LogP contribution in [0, 0.1) is 16.2 Å². The fourth-order valence-corrected chi connectivity index (χ4v) is 6.06. The maximum Gasteiger partial charge on any atom is 0.324 e. The summed E-state index contributed by atoms with van der Waals surface area (Å²) >= 11 is 0. The number of benzene rings is 1. The first-order chi connectivity index (χ1) is 16.2. The van der Waals surface area contributed by atoms with Gasteiger partial charge in [-0.2, -0.15) is 0 Å². The Morgan fingerprint density at radius 1 is 1.26 bits per heavy atom. The number of ether oxygens (including phenoxy) is 4. The Hall–Kier alpha value is -3.39. The summed E-state index contributed by atoms with van der Waals surface area (Å²) in [5.74, 6) is -2.72. The number of carboxylic acids is 1. The highest BCUT2D eigenvalue weighted by molar-refractivity contribution is 6.08. The van der Waals surface area contributed by atoms with Gasteiger partial charge in [-0.05, 0) is 43.2 Å². The lowest BCUT2D eigenvalue weighted by Gasteiger charge is -2.48. The molecule has 1 spiro atoms. The van der Waals surface area contributed by atoms with Gasteiger partial charge in [-0.25, -0.2) is 0 Å². The van der Waals surface area contributed by atoms with E-state index in [-0.39, 0.29) is 32.2 Å². The van der Waals surface area contributed by atoms with Crippen molar-refractivity contribution in [3.8, 4) is 5.75 Å². The van der Waals surface area contributed by atoms with Crippen LogP contribution < -0.4 is 4.74 Å². The number of aliphatic carboxylic acids is 1. The van der Waals surface area contributed by atoms with E-state index in [4.69, 9.17) is 18.9 Å². The number of allylic oxidation sites excluding steroid dienone is 3. The molecule has 1 fully saturated rings. The van der Waals surface area contributed by atoms with E-state index in [2.05, 4.69) is 6.58 Å². The highest BCUT2D eigenvalue weighted by Gasteiger charge is 2.77. The van der Waals surface area contributed by atoms with Gasteiger partial charge < -0.3 is 24.1 Å². The monoisotopic (exact) mass is 468 g/mol. The summed E-state index contributed by atoms with van der Waals surface area (Å²) in [6, 6.07) is 6.73. The van der Waals surface area contributed by atoms with Crippen molar-refractivity contribution in [3.63, 3.8) is 0 Å². The number of hydrogen-bond donors (Lipinski definition) is 1. The maximum absolute atomic E-state index is 14.0. The fourth-order valence-electron chi connectivity index (χ4n) is 6.06. The summed E-state index contributed by atoms with van der Waals surface area (Å²) in [6.07, 6.45) is 4.35. The second-order valence-electron chi connectivity index (χ2n) is 8.96. The van der Waals surface area contributed by atoms with Crippen LogP contribution in [0.15, 0.2) is 60.4 Å². The zero-order chi connectivity index (χ0) is 24.7. The Balaban J connectivity index is 2.12. The van der Waals surface area contributed by atoms with Gasteiger partial charge in [0.05, 0.1) is 25.7 Å². The summed E-state index contributed by atoms with van der Waals surface area (Å²) < 4.78 is 21.9. The molecule has 1 saturated carbocycles. The van der Waals surface area contributed by atoms with E-state index in [1.807, 2.05) is 0 Å². The smallest absolute Gasteiger partial charge is 0.324 e. The Labute approximate surface area is 197 Å². The predicted molar refractivity (Wildman–Crippen MR) is 121 cm³/mol. The molecule has 1 heterocycles. The number of esters is 1. The molecule has 4 atom stereocenters. The van der Waals surface area contributed by atoms with Crippen molar-refractivity contribution in [2.45, 2.75) is 26.2 Å². The first-order valence-electron chi connectivity index (χ1n) is 11.1. The third kappa shape index (κ3) is 2.98. The number of rotatable bonds is 6. The summed E-state index contributed by atoms with van der Waals surface area (Å²) in [4.78, 5) is 40.6. The molecule has 1 aromatic rings. The summed E-state index contributed by atoms with van der Waals surface area (Å²) in [5.41, 5.74) is -3.72. The molecule has 8 nitrogen and oxygen atoms in total. The van der Waals surface area contributed by atoms with Gasteiger partial charge in [-0.3, -0.25) is 14.4 Å². The highest BCUT2D eigenvalue weighted by atomic mass is 16.7. The van der Waals surface area contributed by atoms with Crippen LogP contribution in [-0.2, 0) is 28.6 Å². The number of carbonyl (C=O) groups is 3. The molecule has 1 aromatic carbocycles. The van der Waals surface area contributed by atoms with Crippen LogP contribution in [0.2, 0.25) is 0 Å². The number of fused-ring (bicyclic) bond motifs is 1. The van der Waals surface area contributed by atoms with Crippen LogP contribution in [0.4, 0.5) is 0 Å². The van der Waals surface area contributed by atoms with Crippen molar-refractivity contribution in [3.05, 3.63) is 66.0 Å². The minimum Gasteiger partial charge on any atom is -0.497 e. The van der Waals surface area contributed by atoms with Gasteiger partial charge in [0, 0.05) is 16.9 Å². The Kier molecular flexibility index (Phi) is 5.89. The maximum atomic E-state index is 14.0. The van der Waals surface area contributed by atoms with Gasteiger partial charge in [0.2, 0.25) is 0 Å². The SMILES string of the molecule is C=CC1(C)CC(C(=O)O)(C(=O)OCC)C(c2ccc(OC)cc2)C12C(=O)C=CC1=C2COCO1. The summed E-state index contributed by atoms with van der Waals surface area (Å²) in [6.45, 7) is 7.41. The molecule has 1 aliphatic heterocycles. The van der Waals surface area contributed by atoms with E-state index >= 15 is 0 Å². The summed E-state index contributed by atoms with van der Waals surface area (Å²) in [5, 5.41) is 10.6. The molecule has 4 rings (SSSR count). The first kappa shape index (κ1) is 23.8. The number of ketones is 1. The van der Waals surface area contributed by atoms with Crippen LogP contribution in [0.3, 0.4) is 0 Å². The minimum absolute atomic E-state index is 0.00494. The number of carbonyl (C=O) groups excluding carboxylic acids is 2. The van der Waals surface area contributed by atoms with Crippen LogP contribution in [0.1, 0.15) is 31.7 Å². The second-order valence-corrected chi connectivity index (χ2v) is 8.96. The van der Waals surface area contributed by atoms with Crippen molar-refractivity contribution in [1.29, 1.82) is 0 Å². The topological polar surface area (TPSA) is 108 Å². The molecule has 3 aliphatic rings. The molecule has 0 saturated heterocycles. The van der Waals surface area contributed by atoms with E-state index in [1.165, 1.54) is 13.2 Å². The van der Waals surface area contributed by atoms with E-state index in [0.717, 1.165) is 0 Å². The van der Waals surface area contributed by atoms with Gasteiger partial charge >= 0.3 is 11.9 Å². The van der Waals surface area contributed by atoms with Crippen LogP contribution in [-0.4, -0.2) is 49.9 Å². The fraction of sp³-hybridized carbons (Fsp3) is 0.423. The second kappa shape index (κ2) is 8.43. The lowest BCUT2D eigenvalue weighted by molar-refractivity contribution is -0.170. The van der Waals surface area contributed by atoms with Crippen molar-refractivity contribution in [1.82, 2.24) is 0 Å². The van der Waals surface area contributed by atoms with Gasteiger partial charge in [0.1, 0.15) is 11.5 Å². The molecule has 0 amide bonds. The molecule has 34 heavy (non-hydrogen) atoms. The average Bonchev–Trinajstić information content (AvgIpc) is 3.10. The Morgan fingerprint density at radius 2 is 1.97 bits per heavy atom. The average molecular weight is 469 g/mol. The third-order valence-corrected chi connectivity index (χ3v) is 7.49. The lowest BCUT2D eigenvalue weighted by Crippen LogP contribution is -2.52. The highest BCUT2D eigenvalue weighted by Crippen LogP contribution is 2.73. The Morgan fingerprint density at radius 3 is 2.56 bits per heavy atom. The molecule has 8 heteroatoms. The molecular weight excluding hydrogens is 440 g/mol. The van der Waals surface area contributed by atoms with Crippen LogP contribution in [0.5, 0.6) is 5.75 Å². The van der Waals surface area contributed by atoms with E-state index in [1.54, 1.807) is 50.3 Å². The van der Waals surface area contributed by atoms with Crippen molar-refractivity contribution in [2.24, 2.45) is 16.2 Å². The minimum atomic E-state index is -2.07. The number of methoxy groups -OCH3 is 1. The molecule has 0 radical (unpaired) electrons.